The zero-order valence-electron chi connectivity index (χ0n) is 13.3. The number of likely N-dealkylation sites (tertiary alicyclic amines) is 1. The zero-order chi connectivity index (χ0) is 17.1. The highest BCUT2D eigenvalue weighted by molar-refractivity contribution is 5.78. The molecule has 1 aromatic carbocycles. The molecule has 126 valence electrons. The number of benzene rings is 1. The van der Waals surface area contributed by atoms with E-state index in [1.807, 2.05) is 6.92 Å². The minimum Gasteiger partial charge on any atom is -0.481 e. The van der Waals surface area contributed by atoms with Crippen LogP contribution in [-0.2, 0) is 9.59 Å². The fourth-order valence-corrected chi connectivity index (χ4v) is 3.14. The molecule has 1 N–H and O–H groups in total. The molecule has 1 aromatic rings. The van der Waals surface area contributed by atoms with E-state index in [0.717, 1.165) is 6.07 Å². The number of carbonyl (C=O) groups excluding carboxylic acids is 1. The first kappa shape index (κ1) is 17.4. The molecule has 0 radical (unpaired) electrons. The van der Waals surface area contributed by atoms with Crippen LogP contribution in [0.2, 0.25) is 0 Å². The predicted octanol–water partition coefficient (Wildman–Crippen LogP) is 3.03. The van der Waals surface area contributed by atoms with Crippen molar-refractivity contribution in [2.45, 2.75) is 32.6 Å². The molecule has 23 heavy (non-hydrogen) atoms. The van der Waals surface area contributed by atoms with Gasteiger partial charge in [-0.1, -0.05) is 19.9 Å². The van der Waals surface area contributed by atoms with E-state index in [1.165, 1.54) is 12.1 Å². The maximum atomic E-state index is 13.8. The Bertz CT molecular complexity index is 606. The minimum absolute atomic E-state index is 0.0710. The topological polar surface area (TPSA) is 57.6 Å². The summed E-state index contributed by atoms with van der Waals surface area (Å²) in [5.41, 5.74) is 0.291. The molecule has 3 unspecified atom stereocenters. The second-order valence-corrected chi connectivity index (χ2v) is 6.45. The summed E-state index contributed by atoms with van der Waals surface area (Å²) in [6.45, 7) is 4.33. The Morgan fingerprint density at radius 3 is 2.65 bits per heavy atom. The van der Waals surface area contributed by atoms with Crippen molar-refractivity contribution >= 4 is 11.9 Å². The SMILES string of the molecule is CC1CC(C(=O)O)CN(C(=O)CC(C)c2ccc(F)cc2F)C1. The first-order valence-electron chi connectivity index (χ1n) is 7.73. The lowest BCUT2D eigenvalue weighted by Gasteiger charge is -2.35. The maximum absolute atomic E-state index is 13.8. The summed E-state index contributed by atoms with van der Waals surface area (Å²) in [7, 11) is 0. The van der Waals surface area contributed by atoms with Gasteiger partial charge in [-0.05, 0) is 29.9 Å². The van der Waals surface area contributed by atoms with E-state index < -0.39 is 29.4 Å². The van der Waals surface area contributed by atoms with Crippen molar-refractivity contribution in [3.8, 4) is 0 Å². The third-order valence-electron chi connectivity index (χ3n) is 4.34. The van der Waals surface area contributed by atoms with Gasteiger partial charge < -0.3 is 10.0 Å². The lowest BCUT2D eigenvalue weighted by atomic mass is 9.89. The third-order valence-corrected chi connectivity index (χ3v) is 4.34. The Morgan fingerprint density at radius 2 is 2.04 bits per heavy atom. The number of carboxylic acids is 1. The van der Waals surface area contributed by atoms with Gasteiger partial charge in [0.2, 0.25) is 5.91 Å². The molecule has 4 nitrogen and oxygen atoms in total. The Hall–Kier alpha value is -1.98. The molecule has 1 aliphatic heterocycles. The molecule has 1 saturated heterocycles. The normalized spacial score (nSPS) is 22.7. The number of hydrogen-bond acceptors (Lipinski definition) is 2. The van der Waals surface area contributed by atoms with Gasteiger partial charge in [0.15, 0.2) is 0 Å². The number of hydrogen-bond donors (Lipinski definition) is 1. The summed E-state index contributed by atoms with van der Waals surface area (Å²) < 4.78 is 26.7. The molecule has 3 atom stereocenters. The second kappa shape index (κ2) is 7.06. The fourth-order valence-electron chi connectivity index (χ4n) is 3.14. The van der Waals surface area contributed by atoms with Gasteiger partial charge in [-0.2, -0.15) is 0 Å². The van der Waals surface area contributed by atoms with Crippen LogP contribution in [0.5, 0.6) is 0 Å². The maximum Gasteiger partial charge on any atom is 0.308 e. The van der Waals surface area contributed by atoms with Crippen molar-refractivity contribution in [2.24, 2.45) is 11.8 Å². The molecule has 0 aromatic heterocycles. The van der Waals surface area contributed by atoms with E-state index in [1.54, 1.807) is 11.8 Å². The first-order chi connectivity index (χ1) is 10.8. The highest BCUT2D eigenvalue weighted by Crippen LogP contribution is 2.27. The van der Waals surface area contributed by atoms with Gasteiger partial charge >= 0.3 is 5.97 Å². The van der Waals surface area contributed by atoms with Gasteiger partial charge in [0.1, 0.15) is 11.6 Å². The van der Waals surface area contributed by atoms with Gasteiger partial charge in [0.25, 0.3) is 0 Å². The average molecular weight is 325 g/mol. The van der Waals surface area contributed by atoms with Crippen molar-refractivity contribution in [2.75, 3.05) is 13.1 Å². The number of piperidine rings is 1. The standard InChI is InChI=1S/C17H21F2NO3/c1-10-5-12(17(22)23)9-20(8-10)16(21)6-11(2)14-4-3-13(18)7-15(14)19/h3-4,7,10-12H,5-6,8-9H2,1-2H3,(H,22,23). The minimum atomic E-state index is -0.896. The van der Waals surface area contributed by atoms with E-state index in [-0.39, 0.29) is 24.8 Å². The van der Waals surface area contributed by atoms with Crippen molar-refractivity contribution in [1.29, 1.82) is 0 Å². The molecule has 2 rings (SSSR count). The van der Waals surface area contributed by atoms with Crippen molar-refractivity contribution < 1.29 is 23.5 Å². The largest absolute Gasteiger partial charge is 0.481 e. The molecule has 0 spiro atoms. The number of halogens is 2. The number of aliphatic carboxylic acids is 1. The molecule has 1 fully saturated rings. The summed E-state index contributed by atoms with van der Waals surface area (Å²) in [5.74, 6) is -3.25. The summed E-state index contributed by atoms with van der Waals surface area (Å²) in [6, 6.07) is 3.32. The van der Waals surface area contributed by atoms with Crippen LogP contribution >= 0.6 is 0 Å². The van der Waals surface area contributed by atoms with E-state index in [4.69, 9.17) is 5.11 Å². The van der Waals surface area contributed by atoms with E-state index in [0.29, 0.717) is 18.5 Å². The quantitative estimate of drug-likeness (QED) is 0.926. The molecule has 1 heterocycles. The Kier molecular flexibility index (Phi) is 5.34. The smallest absolute Gasteiger partial charge is 0.308 e. The molecule has 1 aliphatic rings. The lowest BCUT2D eigenvalue weighted by molar-refractivity contribution is -0.147. The highest BCUT2D eigenvalue weighted by Gasteiger charge is 2.32. The van der Waals surface area contributed by atoms with Crippen molar-refractivity contribution in [3.05, 3.63) is 35.4 Å². The van der Waals surface area contributed by atoms with Gasteiger partial charge in [-0.3, -0.25) is 9.59 Å². The first-order valence-corrected chi connectivity index (χ1v) is 7.73. The third kappa shape index (κ3) is 4.27. The lowest BCUT2D eigenvalue weighted by Crippen LogP contribution is -2.45. The van der Waals surface area contributed by atoms with Crippen LogP contribution in [0, 0.1) is 23.5 Å². The van der Waals surface area contributed by atoms with Crippen LogP contribution in [0.4, 0.5) is 8.78 Å². The van der Waals surface area contributed by atoms with Crippen LogP contribution in [-0.4, -0.2) is 35.0 Å². The molecule has 0 saturated carbocycles. The van der Waals surface area contributed by atoms with Crippen LogP contribution in [0.25, 0.3) is 0 Å². The highest BCUT2D eigenvalue weighted by atomic mass is 19.1. The average Bonchev–Trinajstić information content (AvgIpc) is 2.46. The van der Waals surface area contributed by atoms with E-state index in [9.17, 15) is 18.4 Å². The number of amides is 1. The molecule has 6 heteroatoms. The number of carbonyl (C=O) groups is 2. The van der Waals surface area contributed by atoms with Crippen molar-refractivity contribution in [1.82, 2.24) is 4.90 Å². The molecule has 0 aliphatic carbocycles. The molecule has 0 bridgehead atoms. The summed E-state index contributed by atoms with van der Waals surface area (Å²) >= 11 is 0. The van der Waals surface area contributed by atoms with Crippen LogP contribution < -0.4 is 0 Å². The number of nitrogens with zero attached hydrogens (tertiary/aromatic N) is 1. The molecule has 1 amide bonds. The van der Waals surface area contributed by atoms with Crippen molar-refractivity contribution in [3.63, 3.8) is 0 Å². The summed E-state index contributed by atoms with van der Waals surface area (Å²) in [6.07, 6.45) is 0.628. The van der Waals surface area contributed by atoms with Gasteiger partial charge in [-0.15, -0.1) is 0 Å². The summed E-state index contributed by atoms with van der Waals surface area (Å²) in [5, 5.41) is 9.15. The van der Waals surface area contributed by atoms with Gasteiger partial charge in [-0.25, -0.2) is 8.78 Å². The number of carboxylic acid groups (broad SMARTS) is 1. The van der Waals surface area contributed by atoms with Crippen LogP contribution in [0.15, 0.2) is 18.2 Å². The summed E-state index contributed by atoms with van der Waals surface area (Å²) in [4.78, 5) is 25.1. The Morgan fingerprint density at radius 1 is 1.35 bits per heavy atom. The van der Waals surface area contributed by atoms with Gasteiger partial charge in [0.05, 0.1) is 5.92 Å². The van der Waals surface area contributed by atoms with E-state index >= 15 is 0 Å². The van der Waals surface area contributed by atoms with Crippen LogP contribution in [0.1, 0.15) is 38.2 Å². The Balaban J connectivity index is 2.04. The second-order valence-electron chi connectivity index (χ2n) is 6.45. The number of rotatable bonds is 4. The monoisotopic (exact) mass is 325 g/mol. The van der Waals surface area contributed by atoms with Gasteiger partial charge in [0, 0.05) is 25.6 Å². The molecular formula is C17H21F2NO3. The van der Waals surface area contributed by atoms with E-state index in [2.05, 4.69) is 0 Å². The zero-order valence-corrected chi connectivity index (χ0v) is 13.3. The Labute approximate surface area is 134 Å². The van der Waals surface area contributed by atoms with Crippen LogP contribution in [0.3, 0.4) is 0 Å². The fraction of sp³-hybridized carbons (Fsp3) is 0.529. The predicted molar refractivity (Wildman–Crippen MR) is 80.9 cm³/mol. The molecular weight excluding hydrogens is 304 g/mol.